The summed E-state index contributed by atoms with van der Waals surface area (Å²) in [5.74, 6) is 0.192. The van der Waals surface area contributed by atoms with Gasteiger partial charge in [-0.15, -0.1) is 0 Å². The maximum Gasteiger partial charge on any atom is 0.217 e. The fraction of sp³-hybridized carbons (Fsp3) is 0.316. The van der Waals surface area contributed by atoms with Crippen molar-refractivity contribution in [2.45, 2.75) is 19.1 Å². The predicted octanol–water partition coefficient (Wildman–Crippen LogP) is 2.99. The van der Waals surface area contributed by atoms with Crippen LogP contribution in [0.15, 0.2) is 54.6 Å². The standard InChI is InChI=1S/C19H21NO3/c1-14(21)20-11-5-10-19-22-12-16(13-23-19)18-9-4-7-15-6-2-3-8-17(15)18/h2-10,16,19H,11-13H2,1H3,(H,20,21). The van der Waals surface area contributed by atoms with Gasteiger partial charge in [0.05, 0.1) is 13.2 Å². The molecular formula is C19H21NO3. The number of carbonyl (C=O) groups is 1. The summed E-state index contributed by atoms with van der Waals surface area (Å²) in [6, 6.07) is 14.7. The molecule has 1 heterocycles. The van der Waals surface area contributed by atoms with Crippen LogP contribution in [0.3, 0.4) is 0 Å². The van der Waals surface area contributed by atoms with E-state index in [1.54, 1.807) is 0 Å². The van der Waals surface area contributed by atoms with Gasteiger partial charge in [-0.25, -0.2) is 0 Å². The molecule has 4 heteroatoms. The molecule has 3 rings (SSSR count). The molecule has 0 aromatic heterocycles. The zero-order chi connectivity index (χ0) is 16.1. The zero-order valence-corrected chi connectivity index (χ0v) is 13.2. The lowest BCUT2D eigenvalue weighted by atomic mass is 9.94. The van der Waals surface area contributed by atoms with Crippen LogP contribution in [0.2, 0.25) is 0 Å². The first-order valence-corrected chi connectivity index (χ1v) is 7.86. The molecule has 2 aromatic rings. The number of ether oxygens (including phenoxy) is 2. The van der Waals surface area contributed by atoms with Gasteiger partial charge < -0.3 is 14.8 Å². The molecule has 1 aliphatic heterocycles. The molecule has 1 saturated heterocycles. The van der Waals surface area contributed by atoms with Gasteiger partial charge in [0.15, 0.2) is 6.29 Å². The molecule has 0 saturated carbocycles. The Balaban J connectivity index is 1.61. The Labute approximate surface area is 136 Å². The van der Waals surface area contributed by atoms with Crippen molar-refractivity contribution in [3.63, 3.8) is 0 Å². The average molecular weight is 311 g/mol. The molecule has 0 atom stereocenters. The first-order chi connectivity index (χ1) is 11.2. The largest absolute Gasteiger partial charge is 0.353 e. The molecule has 0 unspecified atom stereocenters. The van der Waals surface area contributed by atoms with Crippen molar-refractivity contribution in [3.05, 3.63) is 60.2 Å². The van der Waals surface area contributed by atoms with Gasteiger partial charge >= 0.3 is 0 Å². The summed E-state index contributed by atoms with van der Waals surface area (Å²) in [5, 5.41) is 5.20. The molecular weight excluding hydrogens is 290 g/mol. The van der Waals surface area contributed by atoms with Crippen molar-refractivity contribution in [2.24, 2.45) is 0 Å². The SMILES string of the molecule is CC(=O)NCC=CC1OCC(c2cccc3ccccc23)CO1. The van der Waals surface area contributed by atoms with Crippen LogP contribution in [0.5, 0.6) is 0 Å². The molecule has 0 spiro atoms. The van der Waals surface area contributed by atoms with Crippen molar-refractivity contribution < 1.29 is 14.3 Å². The minimum Gasteiger partial charge on any atom is -0.353 e. The first-order valence-electron chi connectivity index (χ1n) is 7.86. The number of nitrogens with one attached hydrogen (secondary N) is 1. The highest BCUT2D eigenvalue weighted by Gasteiger charge is 2.23. The number of amides is 1. The Hall–Kier alpha value is -2.17. The summed E-state index contributed by atoms with van der Waals surface area (Å²) in [6.45, 7) is 3.24. The van der Waals surface area contributed by atoms with E-state index in [9.17, 15) is 4.79 Å². The molecule has 1 amide bonds. The van der Waals surface area contributed by atoms with Gasteiger partial charge in [-0.3, -0.25) is 4.79 Å². The maximum absolute atomic E-state index is 10.8. The van der Waals surface area contributed by atoms with Crippen molar-refractivity contribution >= 4 is 16.7 Å². The maximum atomic E-state index is 10.8. The van der Waals surface area contributed by atoms with Gasteiger partial charge in [0.2, 0.25) is 5.91 Å². The first kappa shape index (κ1) is 15.7. The van der Waals surface area contributed by atoms with Crippen LogP contribution < -0.4 is 5.32 Å². The lowest BCUT2D eigenvalue weighted by molar-refractivity contribution is -0.159. The highest BCUT2D eigenvalue weighted by Crippen LogP contribution is 2.29. The molecule has 0 radical (unpaired) electrons. The van der Waals surface area contributed by atoms with Gasteiger partial charge in [-0.1, -0.05) is 48.5 Å². The predicted molar refractivity (Wildman–Crippen MR) is 90.2 cm³/mol. The summed E-state index contributed by atoms with van der Waals surface area (Å²) in [7, 11) is 0. The summed E-state index contributed by atoms with van der Waals surface area (Å²) in [6.07, 6.45) is 3.36. The van der Waals surface area contributed by atoms with Crippen molar-refractivity contribution in [1.29, 1.82) is 0 Å². The number of hydrogen-bond donors (Lipinski definition) is 1. The van der Waals surface area contributed by atoms with Crippen molar-refractivity contribution in [1.82, 2.24) is 5.32 Å². The summed E-state index contributed by atoms with van der Waals surface area (Å²) in [5.41, 5.74) is 1.27. The van der Waals surface area contributed by atoms with Gasteiger partial charge in [0, 0.05) is 19.4 Å². The van der Waals surface area contributed by atoms with Crippen LogP contribution in [-0.4, -0.2) is 32.0 Å². The summed E-state index contributed by atoms with van der Waals surface area (Å²) in [4.78, 5) is 10.8. The highest BCUT2D eigenvalue weighted by molar-refractivity contribution is 5.86. The van der Waals surface area contributed by atoms with Crippen LogP contribution in [0.4, 0.5) is 0 Å². The summed E-state index contributed by atoms with van der Waals surface area (Å²) >= 11 is 0. The van der Waals surface area contributed by atoms with Gasteiger partial charge in [0.1, 0.15) is 0 Å². The number of benzene rings is 2. The fourth-order valence-electron chi connectivity index (χ4n) is 2.80. The lowest BCUT2D eigenvalue weighted by Gasteiger charge is -2.28. The average Bonchev–Trinajstić information content (AvgIpc) is 2.59. The molecule has 4 nitrogen and oxygen atoms in total. The van der Waals surface area contributed by atoms with E-state index in [-0.39, 0.29) is 18.1 Å². The molecule has 0 bridgehead atoms. The monoisotopic (exact) mass is 311 g/mol. The van der Waals surface area contributed by atoms with Crippen LogP contribution in [0.25, 0.3) is 10.8 Å². The van der Waals surface area contributed by atoms with E-state index in [0.29, 0.717) is 19.8 Å². The van der Waals surface area contributed by atoms with E-state index in [0.717, 1.165) is 0 Å². The van der Waals surface area contributed by atoms with Crippen molar-refractivity contribution in [2.75, 3.05) is 19.8 Å². The topological polar surface area (TPSA) is 47.6 Å². The third-order valence-electron chi connectivity index (χ3n) is 3.95. The molecule has 1 aliphatic rings. The van der Waals surface area contributed by atoms with E-state index in [1.807, 2.05) is 12.2 Å². The quantitative estimate of drug-likeness (QED) is 0.883. The zero-order valence-electron chi connectivity index (χ0n) is 13.2. The Kier molecular flexibility index (Phi) is 5.05. The second-order valence-corrected chi connectivity index (χ2v) is 5.67. The molecule has 23 heavy (non-hydrogen) atoms. The Morgan fingerprint density at radius 1 is 1.17 bits per heavy atom. The third kappa shape index (κ3) is 3.97. The number of carbonyl (C=O) groups excluding carboxylic acids is 1. The smallest absolute Gasteiger partial charge is 0.217 e. The van der Waals surface area contributed by atoms with Crippen LogP contribution in [0.1, 0.15) is 18.4 Å². The molecule has 1 fully saturated rings. The molecule has 120 valence electrons. The number of hydrogen-bond acceptors (Lipinski definition) is 3. The third-order valence-corrected chi connectivity index (χ3v) is 3.95. The molecule has 0 aliphatic carbocycles. The lowest BCUT2D eigenvalue weighted by Crippen LogP contribution is -2.30. The van der Waals surface area contributed by atoms with E-state index in [2.05, 4.69) is 47.8 Å². The second kappa shape index (κ2) is 7.40. The van der Waals surface area contributed by atoms with Crippen LogP contribution in [-0.2, 0) is 14.3 Å². The Morgan fingerprint density at radius 3 is 2.70 bits per heavy atom. The molecule has 2 aromatic carbocycles. The van der Waals surface area contributed by atoms with Crippen molar-refractivity contribution in [3.8, 4) is 0 Å². The number of rotatable bonds is 4. The second-order valence-electron chi connectivity index (χ2n) is 5.67. The van der Waals surface area contributed by atoms with Crippen LogP contribution in [0, 0.1) is 0 Å². The van der Waals surface area contributed by atoms with E-state index in [4.69, 9.17) is 9.47 Å². The highest BCUT2D eigenvalue weighted by atomic mass is 16.7. The van der Waals surface area contributed by atoms with E-state index >= 15 is 0 Å². The fourth-order valence-corrected chi connectivity index (χ4v) is 2.80. The van der Waals surface area contributed by atoms with Gasteiger partial charge in [0.25, 0.3) is 0 Å². The van der Waals surface area contributed by atoms with Gasteiger partial charge in [-0.2, -0.15) is 0 Å². The minimum absolute atomic E-state index is 0.0452. The van der Waals surface area contributed by atoms with E-state index in [1.165, 1.54) is 23.3 Å². The van der Waals surface area contributed by atoms with Gasteiger partial charge in [-0.05, 0) is 22.4 Å². The summed E-state index contributed by atoms with van der Waals surface area (Å²) < 4.78 is 11.6. The molecule has 1 N–H and O–H groups in total. The van der Waals surface area contributed by atoms with Crippen LogP contribution >= 0.6 is 0 Å². The Bertz CT molecular complexity index is 697. The number of fused-ring (bicyclic) bond motifs is 1. The minimum atomic E-state index is -0.338. The Morgan fingerprint density at radius 2 is 1.91 bits per heavy atom. The normalized spacial score (nSPS) is 21.6. The van der Waals surface area contributed by atoms with E-state index < -0.39 is 0 Å².